The van der Waals surface area contributed by atoms with Gasteiger partial charge in [-0.2, -0.15) is 0 Å². The largest absolute Gasteiger partial charge is 0.535 e. The van der Waals surface area contributed by atoms with E-state index in [4.69, 9.17) is 4.65 Å². The second-order valence-electron chi connectivity index (χ2n) is 9.80. The van der Waals surface area contributed by atoms with Crippen LogP contribution in [0.5, 0.6) is 5.75 Å². The fourth-order valence-electron chi connectivity index (χ4n) is 5.01. The van der Waals surface area contributed by atoms with Gasteiger partial charge in [0, 0.05) is 18.7 Å². The SMILES string of the molecule is CC(C)CCCNCC1CCC(CC(=O)C[C@H]2Cc3cccc(C(=O)O)c3OB2O)C1. The number of aromatic carboxylic acids is 1. The van der Waals surface area contributed by atoms with Gasteiger partial charge in [0.15, 0.2) is 0 Å². The number of para-hydroxylation sites is 1. The fraction of sp³-hybridized carbons (Fsp3) is 0.667. The molecule has 0 aromatic heterocycles. The fourth-order valence-corrected chi connectivity index (χ4v) is 5.01. The zero-order chi connectivity index (χ0) is 22.4. The molecule has 0 amide bonds. The van der Waals surface area contributed by atoms with Crippen molar-refractivity contribution < 1.29 is 24.4 Å². The van der Waals surface area contributed by atoms with E-state index in [2.05, 4.69) is 19.2 Å². The summed E-state index contributed by atoms with van der Waals surface area (Å²) in [5, 5.41) is 23.2. The molecule has 2 aliphatic rings. The lowest BCUT2D eigenvalue weighted by atomic mass is 9.64. The molecule has 1 aromatic rings. The summed E-state index contributed by atoms with van der Waals surface area (Å²) in [6.45, 7) is 6.62. The van der Waals surface area contributed by atoms with E-state index in [1.54, 1.807) is 12.1 Å². The molecule has 3 N–H and O–H groups in total. The lowest BCUT2D eigenvalue weighted by molar-refractivity contribution is -0.120. The third-order valence-electron chi connectivity index (χ3n) is 6.68. The first-order valence-corrected chi connectivity index (χ1v) is 11.8. The summed E-state index contributed by atoms with van der Waals surface area (Å²) in [7, 11) is -1.15. The Morgan fingerprint density at radius 3 is 2.74 bits per heavy atom. The van der Waals surface area contributed by atoms with Crippen molar-refractivity contribution in [3.05, 3.63) is 29.3 Å². The van der Waals surface area contributed by atoms with Gasteiger partial charge in [-0.15, -0.1) is 0 Å². The van der Waals surface area contributed by atoms with Crippen LogP contribution in [0.3, 0.4) is 0 Å². The highest BCUT2D eigenvalue weighted by Gasteiger charge is 2.38. The number of hydrogen-bond acceptors (Lipinski definition) is 5. The van der Waals surface area contributed by atoms with E-state index in [1.807, 2.05) is 0 Å². The monoisotopic (exact) mass is 429 g/mol. The van der Waals surface area contributed by atoms with Crippen molar-refractivity contribution in [1.29, 1.82) is 0 Å². The maximum Gasteiger partial charge on any atom is 0.526 e. The topological polar surface area (TPSA) is 95.9 Å². The average molecular weight is 429 g/mol. The number of carboxylic acids is 1. The molecule has 1 fully saturated rings. The Hall–Kier alpha value is -1.86. The molecule has 0 saturated heterocycles. The highest BCUT2D eigenvalue weighted by Crippen LogP contribution is 2.38. The van der Waals surface area contributed by atoms with Gasteiger partial charge in [-0.1, -0.05) is 26.0 Å². The van der Waals surface area contributed by atoms with Crippen LogP contribution in [0.15, 0.2) is 18.2 Å². The van der Waals surface area contributed by atoms with Crippen LogP contribution in [0.25, 0.3) is 0 Å². The zero-order valence-electron chi connectivity index (χ0n) is 18.8. The van der Waals surface area contributed by atoms with E-state index in [0.29, 0.717) is 24.7 Å². The van der Waals surface area contributed by atoms with Crippen LogP contribution < -0.4 is 9.97 Å². The quantitative estimate of drug-likeness (QED) is 0.364. The molecule has 31 heavy (non-hydrogen) atoms. The van der Waals surface area contributed by atoms with E-state index in [0.717, 1.165) is 37.4 Å². The van der Waals surface area contributed by atoms with Crippen molar-refractivity contribution in [2.24, 2.45) is 17.8 Å². The second kappa shape index (κ2) is 11.1. The van der Waals surface area contributed by atoms with Crippen LogP contribution in [0.1, 0.15) is 74.7 Å². The number of ketones is 1. The minimum atomic E-state index is -1.15. The first kappa shape index (κ1) is 23.8. The molecule has 1 aliphatic carbocycles. The molecule has 1 heterocycles. The second-order valence-corrected chi connectivity index (χ2v) is 9.80. The number of hydrogen-bond donors (Lipinski definition) is 3. The van der Waals surface area contributed by atoms with Crippen LogP contribution in [-0.2, 0) is 11.2 Å². The van der Waals surface area contributed by atoms with Crippen molar-refractivity contribution in [3.8, 4) is 5.75 Å². The van der Waals surface area contributed by atoms with Crippen LogP contribution in [0.2, 0.25) is 5.82 Å². The van der Waals surface area contributed by atoms with Crippen molar-refractivity contribution in [1.82, 2.24) is 5.32 Å². The summed E-state index contributed by atoms with van der Waals surface area (Å²) in [6, 6.07) is 4.95. The molecule has 1 aromatic carbocycles. The number of carboxylic acid groups (broad SMARTS) is 1. The summed E-state index contributed by atoms with van der Waals surface area (Å²) >= 11 is 0. The van der Waals surface area contributed by atoms with E-state index >= 15 is 0 Å². The number of carbonyl (C=O) groups excluding carboxylic acids is 1. The van der Waals surface area contributed by atoms with Gasteiger partial charge in [0.1, 0.15) is 11.5 Å². The van der Waals surface area contributed by atoms with Crippen LogP contribution >= 0.6 is 0 Å². The molecule has 3 atom stereocenters. The number of Topliss-reactive ketones (excluding diaryl/α,β-unsaturated/α-hetero) is 1. The van der Waals surface area contributed by atoms with Crippen molar-refractivity contribution in [2.75, 3.05) is 13.1 Å². The van der Waals surface area contributed by atoms with Gasteiger partial charge < -0.3 is 20.1 Å². The first-order chi connectivity index (χ1) is 14.8. The third-order valence-corrected chi connectivity index (χ3v) is 6.68. The Labute approximate surface area is 185 Å². The van der Waals surface area contributed by atoms with Gasteiger partial charge in [-0.25, -0.2) is 4.79 Å². The Morgan fingerprint density at radius 2 is 2.00 bits per heavy atom. The lowest BCUT2D eigenvalue weighted by Gasteiger charge is -2.28. The van der Waals surface area contributed by atoms with E-state index in [1.165, 1.54) is 25.3 Å². The van der Waals surface area contributed by atoms with Gasteiger partial charge in [-0.3, -0.25) is 4.79 Å². The lowest BCUT2D eigenvalue weighted by Crippen LogP contribution is -2.36. The predicted octanol–water partition coefficient (Wildman–Crippen LogP) is 3.96. The van der Waals surface area contributed by atoms with Crippen LogP contribution in [0.4, 0.5) is 0 Å². The molecule has 0 radical (unpaired) electrons. The Morgan fingerprint density at radius 1 is 1.23 bits per heavy atom. The molecule has 170 valence electrons. The van der Waals surface area contributed by atoms with Gasteiger partial charge in [0.2, 0.25) is 0 Å². The molecular formula is C24H36BNO5. The normalized spacial score (nSPS) is 23.0. The molecule has 6 nitrogen and oxygen atoms in total. The minimum Gasteiger partial charge on any atom is -0.535 e. The Balaban J connectivity index is 1.42. The Kier molecular flexibility index (Phi) is 8.55. The van der Waals surface area contributed by atoms with E-state index in [-0.39, 0.29) is 29.3 Å². The summed E-state index contributed by atoms with van der Waals surface area (Å²) < 4.78 is 5.52. The standard InChI is InChI=1S/C24H36BNO5/c1-16(2)5-4-10-26-15-18-9-8-17(11-18)12-21(27)14-20-13-19-6-3-7-22(24(28)29)23(19)31-25(20)30/h3,6-7,16-18,20,26,30H,4-5,8-15H2,1-2H3,(H,28,29)/t17?,18?,20-/m1/s1. The smallest absolute Gasteiger partial charge is 0.526 e. The number of carbonyl (C=O) groups is 2. The van der Waals surface area contributed by atoms with Gasteiger partial charge in [0.05, 0.1) is 5.56 Å². The summed E-state index contributed by atoms with van der Waals surface area (Å²) in [4.78, 5) is 24.1. The average Bonchev–Trinajstić information content (AvgIpc) is 3.14. The predicted molar refractivity (Wildman–Crippen MR) is 121 cm³/mol. The molecule has 0 spiro atoms. The van der Waals surface area contributed by atoms with Crippen molar-refractivity contribution >= 4 is 18.9 Å². The molecule has 3 rings (SSSR count). The van der Waals surface area contributed by atoms with Gasteiger partial charge >= 0.3 is 13.1 Å². The highest BCUT2D eigenvalue weighted by atomic mass is 16.5. The van der Waals surface area contributed by atoms with Crippen LogP contribution in [-0.4, -0.2) is 42.1 Å². The van der Waals surface area contributed by atoms with E-state index in [9.17, 15) is 19.7 Å². The molecule has 7 heteroatoms. The highest BCUT2D eigenvalue weighted by molar-refractivity contribution is 6.47. The number of rotatable bonds is 11. The van der Waals surface area contributed by atoms with Gasteiger partial charge in [0.25, 0.3) is 0 Å². The molecule has 2 unspecified atom stereocenters. The van der Waals surface area contributed by atoms with Crippen LogP contribution in [0, 0.1) is 17.8 Å². The summed E-state index contributed by atoms with van der Waals surface area (Å²) in [5.41, 5.74) is 0.795. The first-order valence-electron chi connectivity index (χ1n) is 11.8. The number of benzene rings is 1. The number of nitrogens with one attached hydrogen (secondary N) is 1. The van der Waals surface area contributed by atoms with Crippen molar-refractivity contribution in [3.63, 3.8) is 0 Å². The summed E-state index contributed by atoms with van der Waals surface area (Å²) in [6.07, 6.45) is 7.13. The minimum absolute atomic E-state index is 0.0520. The Bertz CT molecular complexity index is 768. The molecule has 0 bridgehead atoms. The zero-order valence-corrected chi connectivity index (χ0v) is 18.8. The molecule has 1 aliphatic heterocycles. The number of fused-ring (bicyclic) bond motifs is 1. The maximum atomic E-state index is 12.7. The van der Waals surface area contributed by atoms with Crippen molar-refractivity contribution in [2.45, 2.75) is 71.0 Å². The third kappa shape index (κ3) is 6.81. The van der Waals surface area contributed by atoms with E-state index < -0.39 is 13.1 Å². The van der Waals surface area contributed by atoms with Gasteiger partial charge in [-0.05, 0) is 81.0 Å². The summed E-state index contributed by atoms with van der Waals surface area (Å²) in [5.74, 6) is 0.827. The maximum absolute atomic E-state index is 12.7. The molecule has 1 saturated carbocycles. The molecular weight excluding hydrogens is 393 g/mol.